The fraction of sp³-hybridized carbons (Fsp3) is 0.100. The summed E-state index contributed by atoms with van der Waals surface area (Å²) in [6.07, 6.45) is 2.82. The van der Waals surface area contributed by atoms with Crippen molar-refractivity contribution in [1.29, 1.82) is 0 Å². The summed E-state index contributed by atoms with van der Waals surface area (Å²) in [4.78, 5) is 27.1. The minimum absolute atomic E-state index is 0.0301. The second kappa shape index (κ2) is 11.2. The number of aryl methyl sites for hydroxylation is 2. The van der Waals surface area contributed by atoms with Gasteiger partial charge in [-0.25, -0.2) is 0 Å². The molecule has 8 heteroatoms. The largest absolute Gasteiger partial charge is 0.543 e. The van der Waals surface area contributed by atoms with Crippen molar-refractivity contribution in [2.24, 2.45) is 0 Å². The quantitative estimate of drug-likeness (QED) is 0.574. The third-order valence-corrected chi connectivity index (χ3v) is 3.56. The van der Waals surface area contributed by atoms with Gasteiger partial charge >= 0.3 is 0 Å². The molecule has 0 aliphatic carbocycles. The van der Waals surface area contributed by atoms with Crippen molar-refractivity contribution in [2.75, 3.05) is 0 Å². The highest BCUT2D eigenvalue weighted by Crippen LogP contribution is 2.16. The van der Waals surface area contributed by atoms with Crippen LogP contribution in [0.25, 0.3) is 0 Å². The SMILES string of the molecule is Cc1cc([NH3+])c([NH3+])cc1C.O=C([O-])c1ccccn1.O=C([O-])c1ccccn1. The minimum atomic E-state index is -1.24. The van der Waals surface area contributed by atoms with Gasteiger partial charge in [0.1, 0.15) is 0 Å². The van der Waals surface area contributed by atoms with E-state index in [1.165, 1.54) is 35.7 Å². The Balaban J connectivity index is 0.000000210. The van der Waals surface area contributed by atoms with E-state index >= 15 is 0 Å². The van der Waals surface area contributed by atoms with Gasteiger partial charge in [-0.05, 0) is 49.2 Å². The van der Waals surface area contributed by atoms with E-state index in [-0.39, 0.29) is 11.4 Å². The number of quaternary nitrogens is 2. The van der Waals surface area contributed by atoms with Crippen LogP contribution in [0, 0.1) is 13.8 Å². The maximum absolute atomic E-state index is 10.0. The van der Waals surface area contributed by atoms with Crippen LogP contribution in [0.4, 0.5) is 11.4 Å². The first kappa shape index (κ1) is 22.4. The molecule has 2 heterocycles. The summed E-state index contributed by atoms with van der Waals surface area (Å²) in [6, 6.07) is 13.4. The van der Waals surface area contributed by atoms with E-state index in [1.54, 1.807) is 24.3 Å². The van der Waals surface area contributed by atoms with E-state index in [9.17, 15) is 19.8 Å². The molecule has 0 amide bonds. The minimum Gasteiger partial charge on any atom is -0.543 e. The van der Waals surface area contributed by atoms with Crippen molar-refractivity contribution >= 4 is 23.3 Å². The molecule has 0 saturated carbocycles. The van der Waals surface area contributed by atoms with Crippen LogP contribution >= 0.6 is 0 Å². The molecule has 8 nitrogen and oxygen atoms in total. The van der Waals surface area contributed by atoms with Gasteiger partial charge in [0.2, 0.25) is 0 Å². The maximum Gasteiger partial charge on any atom is 0.189 e. The summed E-state index contributed by atoms with van der Waals surface area (Å²) in [5, 5.41) is 20.1. The summed E-state index contributed by atoms with van der Waals surface area (Å²) >= 11 is 0. The van der Waals surface area contributed by atoms with E-state index in [0.717, 1.165) is 11.4 Å². The first-order chi connectivity index (χ1) is 13.2. The first-order valence-corrected chi connectivity index (χ1v) is 8.22. The monoisotopic (exact) mass is 382 g/mol. The molecule has 0 spiro atoms. The Morgan fingerprint density at radius 2 is 1.11 bits per heavy atom. The molecule has 0 bridgehead atoms. The molecule has 0 atom stereocenters. The van der Waals surface area contributed by atoms with Crippen molar-refractivity contribution in [3.8, 4) is 0 Å². The van der Waals surface area contributed by atoms with Gasteiger partial charge in [-0.2, -0.15) is 0 Å². The standard InChI is InChI=1S/C8H12N2.2C6H5NO2/c1-5-3-7(9)8(10)4-6(5)2;2*8-6(9)5-3-1-2-4-7-5/h3-4H,9-10H2,1-2H3;2*1-4H,(H,8,9). The molecule has 6 N–H and O–H groups in total. The molecule has 1 aromatic carbocycles. The van der Waals surface area contributed by atoms with Crippen LogP contribution < -0.4 is 21.7 Å². The summed E-state index contributed by atoms with van der Waals surface area (Å²) in [5.41, 5.74) is 12.3. The third kappa shape index (κ3) is 7.73. The normalized spacial score (nSPS) is 9.29. The fourth-order valence-electron chi connectivity index (χ4n) is 1.90. The molecule has 28 heavy (non-hydrogen) atoms. The number of hydrogen-bond donors (Lipinski definition) is 2. The predicted molar refractivity (Wildman–Crippen MR) is 98.1 cm³/mol. The number of nitrogens with zero attached hydrogens (tertiary/aromatic N) is 2. The van der Waals surface area contributed by atoms with Crippen molar-refractivity contribution < 1.29 is 31.3 Å². The second-order valence-corrected chi connectivity index (χ2v) is 5.71. The molecule has 0 aliphatic heterocycles. The zero-order chi connectivity index (χ0) is 21.1. The molecule has 3 rings (SSSR count). The number of pyridine rings is 2. The highest BCUT2D eigenvalue weighted by atomic mass is 16.4. The molecule has 0 fully saturated rings. The molecule has 0 unspecified atom stereocenters. The smallest absolute Gasteiger partial charge is 0.189 e. The predicted octanol–water partition coefficient (Wildman–Crippen LogP) is -1.06. The van der Waals surface area contributed by atoms with Gasteiger partial charge in [0.25, 0.3) is 0 Å². The Bertz CT molecular complexity index is 816. The average Bonchev–Trinajstić information content (AvgIpc) is 2.69. The number of aromatic carboxylic acids is 2. The molecular formula is C20H22N4O4. The van der Waals surface area contributed by atoms with Crippen molar-refractivity contribution in [2.45, 2.75) is 13.8 Å². The number of carbonyl (C=O) groups is 2. The number of rotatable bonds is 2. The number of aromatic nitrogens is 2. The molecule has 0 radical (unpaired) electrons. The lowest BCUT2D eigenvalue weighted by Crippen LogP contribution is -2.49. The lowest BCUT2D eigenvalue weighted by molar-refractivity contribution is -0.299. The Labute approximate surface area is 162 Å². The van der Waals surface area contributed by atoms with Gasteiger partial charge < -0.3 is 31.3 Å². The number of carboxylic acid groups (broad SMARTS) is 2. The molecule has 146 valence electrons. The number of carbonyl (C=O) groups excluding carboxylic acids is 2. The third-order valence-electron chi connectivity index (χ3n) is 3.56. The number of benzene rings is 1. The zero-order valence-electron chi connectivity index (χ0n) is 15.7. The van der Waals surface area contributed by atoms with Crippen molar-refractivity contribution in [3.63, 3.8) is 0 Å². The van der Waals surface area contributed by atoms with Crippen LogP contribution in [0.2, 0.25) is 0 Å². The van der Waals surface area contributed by atoms with Crippen LogP contribution in [0.5, 0.6) is 0 Å². The van der Waals surface area contributed by atoms with E-state index in [0.29, 0.717) is 0 Å². The van der Waals surface area contributed by atoms with Gasteiger partial charge in [-0.15, -0.1) is 0 Å². The van der Waals surface area contributed by atoms with E-state index in [4.69, 9.17) is 0 Å². The Morgan fingerprint density at radius 1 is 0.750 bits per heavy atom. The van der Waals surface area contributed by atoms with Crippen LogP contribution in [0.3, 0.4) is 0 Å². The Kier molecular flexibility index (Phi) is 8.94. The summed E-state index contributed by atoms with van der Waals surface area (Å²) in [5.74, 6) is -2.48. The average molecular weight is 382 g/mol. The maximum atomic E-state index is 10.0. The summed E-state index contributed by atoms with van der Waals surface area (Å²) < 4.78 is 0. The van der Waals surface area contributed by atoms with Crippen LogP contribution in [0.1, 0.15) is 32.1 Å². The fourth-order valence-corrected chi connectivity index (χ4v) is 1.90. The lowest BCUT2D eigenvalue weighted by atomic mass is 10.1. The summed E-state index contributed by atoms with van der Waals surface area (Å²) in [6.45, 7) is 4.17. The topological polar surface area (TPSA) is 161 Å². The van der Waals surface area contributed by atoms with Crippen LogP contribution in [0.15, 0.2) is 60.9 Å². The van der Waals surface area contributed by atoms with E-state index in [2.05, 4.69) is 47.4 Å². The molecule has 0 aliphatic rings. The molecule has 2 aromatic heterocycles. The number of hydrogen-bond acceptors (Lipinski definition) is 6. The lowest BCUT2D eigenvalue weighted by Gasteiger charge is -1.98. The van der Waals surface area contributed by atoms with Gasteiger partial charge in [0.05, 0.1) is 23.3 Å². The highest BCUT2D eigenvalue weighted by Gasteiger charge is 2.03. The van der Waals surface area contributed by atoms with Gasteiger partial charge in [0.15, 0.2) is 11.4 Å². The Morgan fingerprint density at radius 3 is 1.32 bits per heavy atom. The van der Waals surface area contributed by atoms with Gasteiger partial charge in [0, 0.05) is 24.5 Å². The second-order valence-electron chi connectivity index (χ2n) is 5.71. The highest BCUT2D eigenvalue weighted by molar-refractivity contribution is 5.83. The van der Waals surface area contributed by atoms with Crippen molar-refractivity contribution in [3.05, 3.63) is 83.4 Å². The van der Waals surface area contributed by atoms with E-state index < -0.39 is 11.9 Å². The van der Waals surface area contributed by atoms with Crippen LogP contribution in [-0.2, 0) is 0 Å². The molecule has 0 saturated heterocycles. The summed E-state index contributed by atoms with van der Waals surface area (Å²) in [7, 11) is 0. The Hall–Kier alpha value is -3.62. The van der Waals surface area contributed by atoms with Crippen LogP contribution in [-0.4, -0.2) is 21.9 Å². The zero-order valence-corrected chi connectivity index (χ0v) is 15.7. The molecular weight excluding hydrogens is 360 g/mol. The number of carboxylic acids is 2. The van der Waals surface area contributed by atoms with E-state index in [1.807, 2.05) is 0 Å². The first-order valence-electron chi connectivity index (χ1n) is 8.22. The molecule has 3 aromatic rings. The van der Waals surface area contributed by atoms with Gasteiger partial charge in [-0.1, -0.05) is 12.1 Å². The van der Waals surface area contributed by atoms with Gasteiger partial charge in [-0.3, -0.25) is 9.97 Å². The van der Waals surface area contributed by atoms with Crippen molar-refractivity contribution in [1.82, 2.24) is 9.97 Å².